The minimum absolute atomic E-state index is 0.0558. The van der Waals surface area contributed by atoms with Crippen LogP contribution in [0.15, 0.2) is 12.1 Å². The minimum atomic E-state index is 0.0558. The summed E-state index contributed by atoms with van der Waals surface area (Å²) in [6.45, 7) is 9.48. The molecule has 2 heteroatoms. The molecule has 2 atom stereocenters. The number of aryl methyl sites for hydroxylation is 1. The second kappa shape index (κ2) is 3.37. The van der Waals surface area contributed by atoms with Crippen molar-refractivity contribution in [2.75, 3.05) is 6.61 Å². The fourth-order valence-corrected chi connectivity index (χ4v) is 3.06. The van der Waals surface area contributed by atoms with Crippen molar-refractivity contribution in [3.8, 4) is 5.75 Å². The Hall–Kier alpha value is -1.31. The van der Waals surface area contributed by atoms with E-state index in [-0.39, 0.29) is 16.7 Å². The lowest BCUT2D eigenvalue weighted by Crippen LogP contribution is -2.19. The Kier molecular flexibility index (Phi) is 2.20. The van der Waals surface area contributed by atoms with Gasteiger partial charge < -0.3 is 9.53 Å². The molecule has 18 heavy (non-hydrogen) atoms. The van der Waals surface area contributed by atoms with E-state index in [0.717, 1.165) is 25.1 Å². The lowest BCUT2D eigenvalue weighted by atomic mass is 9.82. The van der Waals surface area contributed by atoms with Gasteiger partial charge in [0.2, 0.25) is 0 Å². The highest BCUT2D eigenvalue weighted by atomic mass is 16.5. The standard InChI is InChI=1S/C16H20O2/c1-10-5-11(16(4)7-12(16)8-17)6-13-14(10)18-9-15(13,2)3/h5-6,8,12H,7,9H2,1-4H3/t12-,16-/m1/s1. The first-order valence-electron chi connectivity index (χ1n) is 6.62. The van der Waals surface area contributed by atoms with Crippen LogP contribution in [0.1, 0.15) is 43.9 Å². The molecule has 1 aliphatic heterocycles. The van der Waals surface area contributed by atoms with Gasteiger partial charge in [-0.25, -0.2) is 0 Å². The highest BCUT2D eigenvalue weighted by molar-refractivity contribution is 5.65. The molecule has 1 aliphatic carbocycles. The van der Waals surface area contributed by atoms with E-state index in [1.807, 2.05) is 0 Å². The topological polar surface area (TPSA) is 26.3 Å². The average Bonchev–Trinajstić information content (AvgIpc) is 2.89. The third-order valence-electron chi connectivity index (χ3n) is 4.71. The van der Waals surface area contributed by atoms with Crippen LogP contribution in [0.2, 0.25) is 0 Å². The smallest absolute Gasteiger partial charge is 0.126 e. The maximum atomic E-state index is 11.0. The molecule has 0 spiro atoms. The van der Waals surface area contributed by atoms with E-state index in [1.54, 1.807) is 0 Å². The highest BCUT2D eigenvalue weighted by Gasteiger charge is 2.52. The summed E-state index contributed by atoms with van der Waals surface area (Å²) in [5.41, 5.74) is 3.94. The van der Waals surface area contributed by atoms with Crippen LogP contribution >= 0.6 is 0 Å². The van der Waals surface area contributed by atoms with Crippen LogP contribution in [0.3, 0.4) is 0 Å². The molecule has 0 aromatic heterocycles. The number of carbonyl (C=O) groups is 1. The van der Waals surface area contributed by atoms with E-state index >= 15 is 0 Å². The molecule has 0 bridgehead atoms. The van der Waals surface area contributed by atoms with Crippen LogP contribution in [-0.4, -0.2) is 12.9 Å². The van der Waals surface area contributed by atoms with Gasteiger partial charge in [-0.1, -0.05) is 32.9 Å². The summed E-state index contributed by atoms with van der Waals surface area (Å²) in [4.78, 5) is 11.0. The summed E-state index contributed by atoms with van der Waals surface area (Å²) < 4.78 is 5.82. The van der Waals surface area contributed by atoms with Crippen molar-refractivity contribution in [1.29, 1.82) is 0 Å². The van der Waals surface area contributed by atoms with Crippen LogP contribution in [0.4, 0.5) is 0 Å². The highest BCUT2D eigenvalue weighted by Crippen LogP contribution is 2.54. The van der Waals surface area contributed by atoms with Crippen molar-refractivity contribution in [1.82, 2.24) is 0 Å². The predicted molar refractivity (Wildman–Crippen MR) is 71.2 cm³/mol. The van der Waals surface area contributed by atoms with Crippen LogP contribution in [0.5, 0.6) is 5.75 Å². The molecule has 0 radical (unpaired) electrons. The van der Waals surface area contributed by atoms with Gasteiger partial charge in [0.05, 0.1) is 6.61 Å². The summed E-state index contributed by atoms with van der Waals surface area (Å²) in [5, 5.41) is 0. The van der Waals surface area contributed by atoms with Gasteiger partial charge in [0.1, 0.15) is 12.0 Å². The summed E-state index contributed by atoms with van der Waals surface area (Å²) >= 11 is 0. The molecule has 2 nitrogen and oxygen atoms in total. The Bertz CT molecular complexity index is 530. The zero-order chi connectivity index (χ0) is 13.1. The Morgan fingerprint density at radius 2 is 2.06 bits per heavy atom. The van der Waals surface area contributed by atoms with E-state index in [9.17, 15) is 4.79 Å². The molecule has 1 saturated carbocycles. The number of carbonyl (C=O) groups excluding carboxylic acids is 1. The van der Waals surface area contributed by atoms with Crippen molar-refractivity contribution in [2.45, 2.75) is 44.9 Å². The number of benzene rings is 1. The number of aldehydes is 1. The molecule has 3 rings (SSSR count). The van der Waals surface area contributed by atoms with Crippen molar-refractivity contribution in [3.05, 3.63) is 28.8 Å². The average molecular weight is 244 g/mol. The van der Waals surface area contributed by atoms with E-state index in [4.69, 9.17) is 4.74 Å². The summed E-state index contributed by atoms with van der Waals surface area (Å²) in [7, 11) is 0. The van der Waals surface area contributed by atoms with Gasteiger partial charge >= 0.3 is 0 Å². The van der Waals surface area contributed by atoms with Crippen molar-refractivity contribution < 1.29 is 9.53 Å². The van der Waals surface area contributed by atoms with Crippen molar-refractivity contribution in [2.24, 2.45) is 5.92 Å². The first-order chi connectivity index (χ1) is 8.38. The Morgan fingerprint density at radius 3 is 2.67 bits per heavy atom. The first-order valence-corrected chi connectivity index (χ1v) is 6.62. The van der Waals surface area contributed by atoms with Gasteiger partial charge in [0.15, 0.2) is 0 Å². The van der Waals surface area contributed by atoms with Gasteiger partial charge in [-0.2, -0.15) is 0 Å². The molecule has 1 fully saturated rings. The molecular weight excluding hydrogens is 224 g/mol. The third kappa shape index (κ3) is 1.44. The molecule has 96 valence electrons. The molecule has 0 amide bonds. The minimum Gasteiger partial charge on any atom is -0.492 e. The number of rotatable bonds is 2. The molecule has 2 aliphatic rings. The van der Waals surface area contributed by atoms with E-state index in [2.05, 4.69) is 39.8 Å². The van der Waals surface area contributed by atoms with Crippen LogP contribution in [-0.2, 0) is 15.6 Å². The van der Waals surface area contributed by atoms with Gasteiger partial charge in [-0.15, -0.1) is 0 Å². The van der Waals surface area contributed by atoms with Crippen LogP contribution in [0.25, 0.3) is 0 Å². The molecule has 1 aromatic rings. The molecular formula is C16H20O2. The Labute approximate surface area is 108 Å². The molecule has 1 aromatic carbocycles. The van der Waals surface area contributed by atoms with E-state index in [0.29, 0.717) is 0 Å². The summed E-state index contributed by atoms with van der Waals surface area (Å²) in [6, 6.07) is 4.46. The second-order valence-electron chi connectivity index (χ2n) is 6.71. The largest absolute Gasteiger partial charge is 0.492 e. The summed E-state index contributed by atoms with van der Waals surface area (Å²) in [6.07, 6.45) is 2.08. The van der Waals surface area contributed by atoms with E-state index in [1.165, 1.54) is 16.7 Å². The zero-order valence-corrected chi connectivity index (χ0v) is 11.5. The van der Waals surface area contributed by atoms with Crippen molar-refractivity contribution >= 4 is 6.29 Å². The van der Waals surface area contributed by atoms with Gasteiger partial charge in [-0.3, -0.25) is 0 Å². The number of ether oxygens (including phenoxy) is 1. The fraction of sp³-hybridized carbons (Fsp3) is 0.562. The second-order valence-corrected chi connectivity index (χ2v) is 6.71. The normalized spacial score (nSPS) is 31.7. The molecule has 0 saturated heterocycles. The Balaban J connectivity index is 2.10. The van der Waals surface area contributed by atoms with Gasteiger partial charge in [0, 0.05) is 22.3 Å². The Morgan fingerprint density at radius 1 is 1.33 bits per heavy atom. The van der Waals surface area contributed by atoms with Crippen LogP contribution < -0.4 is 4.74 Å². The predicted octanol–water partition coefficient (Wildman–Crippen LogP) is 3.14. The quantitative estimate of drug-likeness (QED) is 0.747. The SMILES string of the molecule is Cc1cc([C@@]2(C)C[C@@H]2C=O)cc2c1OCC2(C)C. The van der Waals surface area contributed by atoms with Crippen molar-refractivity contribution in [3.63, 3.8) is 0 Å². The zero-order valence-electron chi connectivity index (χ0n) is 11.5. The molecule has 0 N–H and O–H groups in total. The van der Waals surface area contributed by atoms with Crippen LogP contribution in [0, 0.1) is 12.8 Å². The van der Waals surface area contributed by atoms with Gasteiger partial charge in [0.25, 0.3) is 0 Å². The maximum absolute atomic E-state index is 11.0. The number of fused-ring (bicyclic) bond motifs is 1. The molecule has 0 unspecified atom stereocenters. The lowest BCUT2D eigenvalue weighted by Gasteiger charge is -2.19. The maximum Gasteiger partial charge on any atom is 0.126 e. The summed E-state index contributed by atoms with van der Waals surface area (Å²) in [5.74, 6) is 1.25. The first kappa shape index (κ1) is 11.8. The van der Waals surface area contributed by atoms with Gasteiger partial charge in [-0.05, 0) is 24.5 Å². The third-order valence-corrected chi connectivity index (χ3v) is 4.71. The number of hydrogen-bond donors (Lipinski definition) is 0. The fourth-order valence-electron chi connectivity index (χ4n) is 3.06. The lowest BCUT2D eigenvalue weighted by molar-refractivity contribution is -0.109. The molecule has 1 heterocycles. The monoisotopic (exact) mass is 244 g/mol. The number of hydrogen-bond acceptors (Lipinski definition) is 2. The van der Waals surface area contributed by atoms with E-state index < -0.39 is 0 Å².